The van der Waals surface area contributed by atoms with Crippen LogP contribution in [0, 0.1) is 11.3 Å². The number of carbonyl (C=O) groups is 1. The lowest BCUT2D eigenvalue weighted by Crippen LogP contribution is -2.04. The summed E-state index contributed by atoms with van der Waals surface area (Å²) in [6, 6.07) is 4.92. The van der Waals surface area contributed by atoms with Crippen LogP contribution in [0.15, 0.2) is 17.0 Å². The van der Waals surface area contributed by atoms with Gasteiger partial charge in [-0.25, -0.2) is 4.79 Å². The lowest BCUT2D eigenvalue weighted by Gasteiger charge is -2.07. The molecule has 0 aromatic heterocycles. The number of carbonyl (C=O) groups excluding carboxylic acids is 1. The molecule has 0 amide bonds. The van der Waals surface area contributed by atoms with Gasteiger partial charge in [0, 0.05) is 4.90 Å². The summed E-state index contributed by atoms with van der Waals surface area (Å²) in [7, 11) is 2.72. The van der Waals surface area contributed by atoms with Gasteiger partial charge in [-0.3, -0.25) is 0 Å². The Morgan fingerprint density at radius 1 is 1.47 bits per heavy atom. The van der Waals surface area contributed by atoms with E-state index in [-0.39, 0.29) is 11.1 Å². The van der Waals surface area contributed by atoms with Gasteiger partial charge in [0.05, 0.1) is 25.3 Å². The summed E-state index contributed by atoms with van der Waals surface area (Å²) in [5.41, 5.74) is 0.495. The molecule has 1 aromatic rings. The van der Waals surface area contributed by atoms with Crippen LogP contribution in [0.3, 0.4) is 0 Å². The van der Waals surface area contributed by atoms with Gasteiger partial charge >= 0.3 is 5.97 Å². The lowest BCUT2D eigenvalue weighted by atomic mass is 10.1. The number of methoxy groups -OCH3 is 2. The highest BCUT2D eigenvalue weighted by Crippen LogP contribution is 2.25. The van der Waals surface area contributed by atoms with Gasteiger partial charge in [0.25, 0.3) is 0 Å². The topological polar surface area (TPSA) is 59.3 Å². The van der Waals surface area contributed by atoms with Crippen molar-refractivity contribution in [1.29, 1.82) is 5.26 Å². The summed E-state index contributed by atoms with van der Waals surface area (Å²) in [6.45, 7) is 0. The van der Waals surface area contributed by atoms with Crippen LogP contribution in [0.1, 0.15) is 15.9 Å². The second-order valence-electron chi connectivity index (χ2n) is 2.67. The molecule has 0 saturated carbocycles. The molecule has 0 fully saturated rings. The number of thiol groups is 1. The second-order valence-corrected chi connectivity index (χ2v) is 3.12. The fourth-order valence-corrected chi connectivity index (χ4v) is 1.35. The Kier molecular flexibility index (Phi) is 3.58. The van der Waals surface area contributed by atoms with E-state index in [1.54, 1.807) is 0 Å². The molecular weight excluding hydrogens is 214 g/mol. The molecule has 0 saturated heterocycles. The van der Waals surface area contributed by atoms with Crippen molar-refractivity contribution in [1.82, 2.24) is 0 Å². The molecule has 5 heteroatoms. The summed E-state index contributed by atoms with van der Waals surface area (Å²) in [5.74, 6) is -0.125. The summed E-state index contributed by atoms with van der Waals surface area (Å²) >= 11 is 4.09. The molecule has 0 radical (unpaired) electrons. The smallest absolute Gasteiger partial charge is 0.339 e. The minimum atomic E-state index is -0.546. The largest absolute Gasteiger partial charge is 0.497 e. The van der Waals surface area contributed by atoms with Gasteiger partial charge < -0.3 is 9.47 Å². The van der Waals surface area contributed by atoms with E-state index in [0.29, 0.717) is 10.6 Å². The van der Waals surface area contributed by atoms with Crippen LogP contribution in [0.4, 0.5) is 0 Å². The van der Waals surface area contributed by atoms with Gasteiger partial charge in [0.1, 0.15) is 11.8 Å². The third-order valence-corrected chi connectivity index (χ3v) is 2.33. The molecule has 0 bridgehead atoms. The molecule has 4 nitrogen and oxygen atoms in total. The highest BCUT2D eigenvalue weighted by Gasteiger charge is 2.15. The van der Waals surface area contributed by atoms with Gasteiger partial charge in [0.2, 0.25) is 0 Å². The zero-order chi connectivity index (χ0) is 11.4. The zero-order valence-electron chi connectivity index (χ0n) is 8.27. The first-order chi connectivity index (χ1) is 7.13. The number of ether oxygens (including phenoxy) is 2. The predicted octanol–water partition coefficient (Wildman–Crippen LogP) is 1.64. The van der Waals surface area contributed by atoms with E-state index in [1.165, 1.54) is 26.4 Å². The fraction of sp³-hybridized carbons (Fsp3) is 0.200. The Morgan fingerprint density at radius 2 is 2.13 bits per heavy atom. The van der Waals surface area contributed by atoms with Crippen molar-refractivity contribution in [3.63, 3.8) is 0 Å². The predicted molar refractivity (Wildman–Crippen MR) is 56.3 cm³/mol. The van der Waals surface area contributed by atoms with Crippen LogP contribution in [0.5, 0.6) is 5.75 Å². The Bertz CT molecular complexity index is 437. The maximum atomic E-state index is 11.3. The van der Waals surface area contributed by atoms with Crippen LogP contribution in [0.2, 0.25) is 0 Å². The maximum absolute atomic E-state index is 11.3. The summed E-state index contributed by atoms with van der Waals surface area (Å²) < 4.78 is 9.52. The monoisotopic (exact) mass is 223 g/mol. The lowest BCUT2D eigenvalue weighted by molar-refractivity contribution is 0.0596. The third-order valence-electron chi connectivity index (χ3n) is 1.84. The number of nitrogens with zero attached hydrogens (tertiary/aromatic N) is 1. The van der Waals surface area contributed by atoms with Crippen LogP contribution < -0.4 is 4.74 Å². The van der Waals surface area contributed by atoms with E-state index in [9.17, 15) is 4.79 Å². The normalized spacial score (nSPS) is 9.20. The average molecular weight is 223 g/mol. The highest BCUT2D eigenvalue weighted by atomic mass is 32.1. The number of nitriles is 1. The zero-order valence-corrected chi connectivity index (χ0v) is 9.17. The minimum absolute atomic E-state index is 0.219. The molecule has 0 aliphatic carbocycles. The third kappa shape index (κ3) is 2.22. The van der Waals surface area contributed by atoms with E-state index in [1.807, 2.05) is 6.07 Å². The Balaban J connectivity index is 3.38. The molecule has 0 aliphatic rings. The fourth-order valence-electron chi connectivity index (χ4n) is 1.08. The molecule has 0 aliphatic heterocycles. The van der Waals surface area contributed by atoms with E-state index in [2.05, 4.69) is 17.4 Å². The first kappa shape index (κ1) is 11.4. The first-order valence-corrected chi connectivity index (χ1v) is 4.48. The SMILES string of the molecule is COC(=O)c1cc(OC)cc(C#N)c1S. The van der Waals surface area contributed by atoms with E-state index in [0.717, 1.165) is 0 Å². The van der Waals surface area contributed by atoms with Crippen molar-refractivity contribution in [2.75, 3.05) is 14.2 Å². The van der Waals surface area contributed by atoms with Crippen molar-refractivity contribution in [3.05, 3.63) is 23.3 Å². The van der Waals surface area contributed by atoms with Crippen molar-refractivity contribution < 1.29 is 14.3 Å². The quantitative estimate of drug-likeness (QED) is 0.611. The van der Waals surface area contributed by atoms with E-state index >= 15 is 0 Å². The average Bonchev–Trinajstić information content (AvgIpc) is 2.28. The van der Waals surface area contributed by atoms with Crippen LogP contribution >= 0.6 is 12.6 Å². The highest BCUT2D eigenvalue weighted by molar-refractivity contribution is 7.80. The van der Waals surface area contributed by atoms with Gasteiger partial charge in [-0.1, -0.05) is 0 Å². The maximum Gasteiger partial charge on any atom is 0.339 e. The standard InChI is InChI=1S/C10H9NO3S/c1-13-7-3-6(5-11)9(15)8(4-7)10(12)14-2/h3-4,15H,1-2H3. The number of hydrogen-bond acceptors (Lipinski definition) is 5. The van der Waals surface area contributed by atoms with Gasteiger partial charge in [-0.15, -0.1) is 12.6 Å². The van der Waals surface area contributed by atoms with Crippen LogP contribution in [0.25, 0.3) is 0 Å². The first-order valence-electron chi connectivity index (χ1n) is 4.03. The molecular formula is C10H9NO3S. The van der Waals surface area contributed by atoms with Crippen LogP contribution in [-0.4, -0.2) is 20.2 Å². The number of rotatable bonds is 2. The Morgan fingerprint density at radius 3 is 2.60 bits per heavy atom. The summed E-state index contributed by atoms with van der Waals surface area (Å²) in [6.07, 6.45) is 0. The van der Waals surface area contributed by atoms with Crippen molar-refractivity contribution in [2.45, 2.75) is 4.90 Å². The number of benzene rings is 1. The molecule has 15 heavy (non-hydrogen) atoms. The van der Waals surface area contributed by atoms with Crippen molar-refractivity contribution in [3.8, 4) is 11.8 Å². The molecule has 78 valence electrons. The van der Waals surface area contributed by atoms with Gasteiger partial charge in [-0.2, -0.15) is 5.26 Å². The molecule has 0 unspecified atom stereocenters. The van der Waals surface area contributed by atoms with Gasteiger partial charge in [0.15, 0.2) is 0 Å². The summed E-state index contributed by atoms with van der Waals surface area (Å²) in [4.78, 5) is 11.6. The van der Waals surface area contributed by atoms with Gasteiger partial charge in [-0.05, 0) is 12.1 Å². The molecule has 0 N–H and O–H groups in total. The summed E-state index contributed by atoms with van der Waals surface area (Å²) in [5, 5.41) is 8.81. The Labute approximate surface area is 92.8 Å². The molecule has 0 atom stereocenters. The Hall–Kier alpha value is -1.67. The second kappa shape index (κ2) is 4.71. The molecule has 0 heterocycles. The molecule has 0 spiro atoms. The molecule has 1 rings (SSSR count). The number of hydrogen-bond donors (Lipinski definition) is 1. The van der Waals surface area contributed by atoms with Crippen molar-refractivity contribution >= 4 is 18.6 Å². The molecule has 1 aromatic carbocycles. The van der Waals surface area contributed by atoms with Crippen LogP contribution in [-0.2, 0) is 4.74 Å². The van der Waals surface area contributed by atoms with E-state index in [4.69, 9.17) is 10.00 Å². The minimum Gasteiger partial charge on any atom is -0.497 e. The number of esters is 1. The van der Waals surface area contributed by atoms with E-state index < -0.39 is 5.97 Å². The van der Waals surface area contributed by atoms with Crippen molar-refractivity contribution in [2.24, 2.45) is 0 Å².